The highest BCUT2D eigenvalue weighted by Gasteiger charge is 2.28. The zero-order valence-corrected chi connectivity index (χ0v) is 13.8. The molecule has 1 aromatic rings. The van der Waals surface area contributed by atoms with Crippen LogP contribution in [0.2, 0.25) is 0 Å². The van der Waals surface area contributed by atoms with Crippen molar-refractivity contribution >= 4 is 0 Å². The summed E-state index contributed by atoms with van der Waals surface area (Å²) in [4.78, 5) is 2.11. The number of aromatic nitrogens is 2. The highest BCUT2D eigenvalue weighted by molar-refractivity contribution is 5.29. The van der Waals surface area contributed by atoms with Gasteiger partial charge in [-0.15, -0.1) is 0 Å². The van der Waals surface area contributed by atoms with E-state index in [1.54, 1.807) is 13.3 Å². The van der Waals surface area contributed by atoms with Gasteiger partial charge in [0.1, 0.15) is 5.69 Å². The van der Waals surface area contributed by atoms with Gasteiger partial charge in [0, 0.05) is 13.2 Å². The van der Waals surface area contributed by atoms with E-state index >= 15 is 0 Å². The molecule has 0 aliphatic heterocycles. The molecule has 7 heteroatoms. The van der Waals surface area contributed by atoms with E-state index in [2.05, 4.69) is 22.3 Å². The van der Waals surface area contributed by atoms with Crippen molar-refractivity contribution in [2.24, 2.45) is 5.84 Å². The Bertz CT molecular complexity index is 408. The maximum absolute atomic E-state index is 5.80. The minimum absolute atomic E-state index is 0.0243. The minimum atomic E-state index is -0.158. The largest absolute Gasteiger partial charge is 0.493 e. The SMILES string of the molecule is CCOC(CC)C(NN)c1c(OC)cnn1CCN(C)C. The third kappa shape index (κ3) is 4.67. The molecule has 21 heavy (non-hydrogen) atoms. The summed E-state index contributed by atoms with van der Waals surface area (Å²) < 4.78 is 13.2. The molecule has 0 saturated heterocycles. The molecule has 0 bridgehead atoms. The predicted octanol–water partition coefficient (Wildman–Crippen LogP) is 0.773. The number of nitrogens with zero attached hydrogens (tertiary/aromatic N) is 3. The lowest BCUT2D eigenvalue weighted by molar-refractivity contribution is 0.0283. The molecule has 0 saturated carbocycles. The number of nitrogens with two attached hydrogens (primary N) is 1. The van der Waals surface area contributed by atoms with Crippen molar-refractivity contribution in [1.29, 1.82) is 0 Å². The second-order valence-corrected chi connectivity index (χ2v) is 5.17. The fraction of sp³-hybridized carbons (Fsp3) is 0.786. The van der Waals surface area contributed by atoms with E-state index in [4.69, 9.17) is 15.3 Å². The van der Waals surface area contributed by atoms with Crippen LogP contribution in [0.5, 0.6) is 5.75 Å². The van der Waals surface area contributed by atoms with Crippen LogP contribution in [-0.4, -0.2) is 55.1 Å². The fourth-order valence-electron chi connectivity index (χ4n) is 2.35. The van der Waals surface area contributed by atoms with Gasteiger partial charge in [0.2, 0.25) is 0 Å². The van der Waals surface area contributed by atoms with E-state index < -0.39 is 0 Å². The van der Waals surface area contributed by atoms with Crippen molar-refractivity contribution in [2.45, 2.75) is 39.0 Å². The highest BCUT2D eigenvalue weighted by atomic mass is 16.5. The van der Waals surface area contributed by atoms with Crippen molar-refractivity contribution in [3.8, 4) is 5.75 Å². The number of nitrogens with one attached hydrogen (secondary N) is 1. The molecule has 0 aliphatic carbocycles. The zero-order valence-electron chi connectivity index (χ0n) is 13.8. The minimum Gasteiger partial charge on any atom is -0.493 e. The molecule has 0 aliphatic rings. The molecule has 1 aromatic heterocycles. The van der Waals surface area contributed by atoms with Gasteiger partial charge in [-0.1, -0.05) is 6.92 Å². The van der Waals surface area contributed by atoms with Crippen LogP contribution >= 0.6 is 0 Å². The Hall–Kier alpha value is -1.15. The van der Waals surface area contributed by atoms with Crippen LogP contribution in [0.4, 0.5) is 0 Å². The molecule has 2 atom stereocenters. The molecule has 122 valence electrons. The van der Waals surface area contributed by atoms with Gasteiger partial charge in [-0.05, 0) is 27.4 Å². The van der Waals surface area contributed by atoms with E-state index in [-0.39, 0.29) is 12.1 Å². The molecule has 0 spiro atoms. The quantitative estimate of drug-likeness (QED) is 0.491. The van der Waals surface area contributed by atoms with Crippen LogP contribution in [-0.2, 0) is 11.3 Å². The van der Waals surface area contributed by atoms with Crippen molar-refractivity contribution in [2.75, 3.05) is 34.4 Å². The van der Waals surface area contributed by atoms with Gasteiger partial charge in [0.05, 0.1) is 32.0 Å². The Labute approximate surface area is 127 Å². The standard InChI is InChI=1S/C14H29N5O2/c1-6-11(21-7-2)13(17-15)14-12(20-5)10-16-19(14)9-8-18(3)4/h10-11,13,17H,6-9,15H2,1-5H3. The first-order valence-corrected chi connectivity index (χ1v) is 7.41. The molecule has 1 rings (SSSR count). The van der Waals surface area contributed by atoms with Gasteiger partial charge < -0.3 is 14.4 Å². The number of ether oxygens (including phenoxy) is 2. The molecule has 0 amide bonds. The van der Waals surface area contributed by atoms with Gasteiger partial charge >= 0.3 is 0 Å². The van der Waals surface area contributed by atoms with E-state index in [9.17, 15) is 0 Å². The average Bonchev–Trinajstić information content (AvgIpc) is 2.88. The van der Waals surface area contributed by atoms with Crippen molar-refractivity contribution in [3.05, 3.63) is 11.9 Å². The lowest BCUT2D eigenvalue weighted by Crippen LogP contribution is -2.39. The molecular weight excluding hydrogens is 270 g/mol. The van der Waals surface area contributed by atoms with Crippen LogP contribution in [0.1, 0.15) is 32.0 Å². The molecule has 1 heterocycles. The first-order chi connectivity index (χ1) is 10.1. The molecule has 3 N–H and O–H groups in total. The molecular formula is C14H29N5O2. The Balaban J connectivity index is 3.06. The van der Waals surface area contributed by atoms with Crippen LogP contribution in [0.25, 0.3) is 0 Å². The number of hydrogen-bond donors (Lipinski definition) is 2. The van der Waals surface area contributed by atoms with Crippen LogP contribution in [0.15, 0.2) is 6.20 Å². The topological polar surface area (TPSA) is 77.6 Å². The highest BCUT2D eigenvalue weighted by Crippen LogP contribution is 2.29. The van der Waals surface area contributed by atoms with Crippen molar-refractivity contribution in [3.63, 3.8) is 0 Å². The number of hydrazine groups is 1. The molecule has 2 unspecified atom stereocenters. The van der Waals surface area contributed by atoms with Gasteiger partial charge in [-0.3, -0.25) is 10.5 Å². The van der Waals surface area contributed by atoms with Gasteiger partial charge in [0.25, 0.3) is 0 Å². The summed E-state index contributed by atoms with van der Waals surface area (Å²) in [5.41, 5.74) is 3.80. The third-order valence-electron chi connectivity index (χ3n) is 3.45. The van der Waals surface area contributed by atoms with Gasteiger partial charge in [-0.25, -0.2) is 5.43 Å². The van der Waals surface area contributed by atoms with Crippen molar-refractivity contribution in [1.82, 2.24) is 20.1 Å². The van der Waals surface area contributed by atoms with Gasteiger partial charge in [-0.2, -0.15) is 5.10 Å². The van der Waals surface area contributed by atoms with Gasteiger partial charge in [0.15, 0.2) is 5.75 Å². The first-order valence-electron chi connectivity index (χ1n) is 7.41. The summed E-state index contributed by atoms with van der Waals surface area (Å²) in [5.74, 6) is 6.51. The van der Waals surface area contributed by atoms with Crippen LogP contribution < -0.4 is 16.0 Å². The third-order valence-corrected chi connectivity index (χ3v) is 3.45. The average molecular weight is 299 g/mol. The van der Waals surface area contributed by atoms with E-state index in [0.717, 1.165) is 31.0 Å². The zero-order chi connectivity index (χ0) is 15.8. The van der Waals surface area contributed by atoms with E-state index in [1.165, 1.54) is 0 Å². The molecule has 7 nitrogen and oxygen atoms in total. The molecule has 0 fully saturated rings. The Morgan fingerprint density at radius 3 is 2.62 bits per heavy atom. The summed E-state index contributed by atoms with van der Waals surface area (Å²) in [7, 11) is 5.72. The van der Waals surface area contributed by atoms with Crippen LogP contribution in [0.3, 0.4) is 0 Å². The summed E-state index contributed by atoms with van der Waals surface area (Å²) in [6, 6.07) is -0.158. The normalized spacial score (nSPS) is 14.4. The van der Waals surface area contributed by atoms with E-state index in [0.29, 0.717) is 6.61 Å². The lowest BCUT2D eigenvalue weighted by Gasteiger charge is -2.27. The Morgan fingerprint density at radius 2 is 2.14 bits per heavy atom. The summed E-state index contributed by atoms with van der Waals surface area (Å²) in [6.07, 6.45) is 2.56. The van der Waals surface area contributed by atoms with Crippen molar-refractivity contribution < 1.29 is 9.47 Å². The van der Waals surface area contributed by atoms with Crippen LogP contribution in [0, 0.1) is 0 Å². The fourth-order valence-corrected chi connectivity index (χ4v) is 2.35. The second-order valence-electron chi connectivity index (χ2n) is 5.17. The monoisotopic (exact) mass is 299 g/mol. The summed E-state index contributed by atoms with van der Waals surface area (Å²) in [5, 5.41) is 4.42. The van der Waals surface area contributed by atoms with E-state index in [1.807, 2.05) is 25.7 Å². The number of hydrogen-bond acceptors (Lipinski definition) is 6. The first kappa shape index (κ1) is 17.9. The Kier molecular flexibility index (Phi) is 7.66. The smallest absolute Gasteiger partial charge is 0.161 e. The number of likely N-dealkylation sites (N-methyl/N-ethyl adjacent to an activating group) is 1. The lowest BCUT2D eigenvalue weighted by atomic mass is 10.0. The number of rotatable bonds is 10. The maximum atomic E-state index is 5.80. The second kappa shape index (κ2) is 8.99. The predicted molar refractivity (Wildman–Crippen MR) is 83.1 cm³/mol. The molecule has 0 radical (unpaired) electrons. The molecule has 0 aromatic carbocycles. The summed E-state index contributed by atoms with van der Waals surface area (Å²) >= 11 is 0. The number of methoxy groups -OCH3 is 1. The Morgan fingerprint density at radius 1 is 1.43 bits per heavy atom. The maximum Gasteiger partial charge on any atom is 0.161 e. The summed E-state index contributed by atoms with van der Waals surface area (Å²) in [6.45, 7) is 6.37.